The van der Waals surface area contributed by atoms with E-state index >= 15 is 0 Å². The first-order chi connectivity index (χ1) is 11.5. The number of hydrazone groups is 1. The first-order valence-electron chi connectivity index (χ1n) is 7.26. The normalized spacial score (nSPS) is 10.8. The Labute approximate surface area is 140 Å². The lowest BCUT2D eigenvalue weighted by Gasteiger charge is -2.23. The van der Waals surface area contributed by atoms with Crippen LogP contribution >= 0.6 is 0 Å². The van der Waals surface area contributed by atoms with Gasteiger partial charge in [-0.15, -0.1) is 0 Å². The Morgan fingerprint density at radius 1 is 1.29 bits per heavy atom. The van der Waals surface area contributed by atoms with Gasteiger partial charge in [-0.25, -0.2) is 10.6 Å². The molecule has 0 radical (unpaired) electrons. The van der Waals surface area contributed by atoms with Crippen molar-refractivity contribution < 1.29 is 14.3 Å². The van der Waals surface area contributed by atoms with Crippen molar-refractivity contribution in [1.82, 2.24) is 15.6 Å². The van der Waals surface area contributed by atoms with E-state index in [1.54, 1.807) is 31.2 Å². The van der Waals surface area contributed by atoms with Crippen molar-refractivity contribution in [3.05, 3.63) is 29.8 Å². The highest BCUT2D eigenvalue weighted by Crippen LogP contribution is 2.09. The van der Waals surface area contributed by atoms with Crippen LogP contribution in [0.15, 0.2) is 29.4 Å². The van der Waals surface area contributed by atoms with Crippen molar-refractivity contribution in [2.45, 2.75) is 13.5 Å². The summed E-state index contributed by atoms with van der Waals surface area (Å²) >= 11 is 0. The van der Waals surface area contributed by atoms with E-state index in [4.69, 9.17) is 22.2 Å². The standard InChI is InChI=1S/C14H23N7O3/c1-2-24-13(22)7-18-14(23)21(9-12(19-16)20-17)8-10-3-5-11(15)6-4-10/h3-6H,2,7-9,15-17H2,1H3,(H,18,23)(H,19,20). The number of nitrogens with zero attached hydrogens (tertiary/aromatic N) is 2. The quantitative estimate of drug-likeness (QED) is 0.107. The second-order valence-corrected chi connectivity index (χ2v) is 4.78. The molecule has 2 amide bonds. The molecule has 0 bridgehead atoms. The van der Waals surface area contributed by atoms with Gasteiger partial charge in [0.1, 0.15) is 6.54 Å². The fourth-order valence-electron chi connectivity index (χ4n) is 1.82. The molecule has 0 aliphatic carbocycles. The van der Waals surface area contributed by atoms with E-state index in [2.05, 4.69) is 15.8 Å². The molecular weight excluding hydrogens is 314 g/mol. The number of benzene rings is 1. The van der Waals surface area contributed by atoms with Crippen LogP contribution in [0.2, 0.25) is 0 Å². The highest BCUT2D eigenvalue weighted by Gasteiger charge is 2.17. The second-order valence-electron chi connectivity index (χ2n) is 4.78. The zero-order chi connectivity index (χ0) is 17.9. The molecule has 0 saturated carbocycles. The van der Waals surface area contributed by atoms with Crippen LogP contribution in [0.5, 0.6) is 0 Å². The molecule has 0 unspecified atom stereocenters. The van der Waals surface area contributed by atoms with E-state index in [-0.39, 0.29) is 32.1 Å². The van der Waals surface area contributed by atoms with Gasteiger partial charge in [-0.05, 0) is 24.6 Å². The van der Waals surface area contributed by atoms with Gasteiger partial charge >= 0.3 is 12.0 Å². The number of ether oxygens (including phenoxy) is 1. The van der Waals surface area contributed by atoms with Crippen molar-refractivity contribution in [2.75, 3.05) is 25.4 Å². The molecule has 10 heteroatoms. The van der Waals surface area contributed by atoms with Gasteiger partial charge in [-0.2, -0.15) is 5.10 Å². The Morgan fingerprint density at radius 2 is 1.96 bits per heavy atom. The molecule has 132 valence electrons. The molecule has 0 heterocycles. The molecule has 0 aliphatic heterocycles. The number of nitrogens with one attached hydrogen (secondary N) is 2. The van der Waals surface area contributed by atoms with Crippen LogP contribution in [0.25, 0.3) is 0 Å². The number of rotatable bonds is 7. The Hall–Kier alpha value is -3.01. The summed E-state index contributed by atoms with van der Waals surface area (Å²) < 4.78 is 4.76. The third-order valence-corrected chi connectivity index (χ3v) is 2.99. The highest BCUT2D eigenvalue weighted by molar-refractivity contribution is 5.88. The van der Waals surface area contributed by atoms with Gasteiger partial charge in [0.15, 0.2) is 5.84 Å². The number of hydrogen-bond acceptors (Lipinski definition) is 7. The molecule has 0 spiro atoms. The molecule has 8 N–H and O–H groups in total. The van der Waals surface area contributed by atoms with Crippen molar-refractivity contribution >= 4 is 23.5 Å². The number of anilines is 1. The van der Waals surface area contributed by atoms with E-state index in [1.165, 1.54) is 4.90 Å². The van der Waals surface area contributed by atoms with E-state index in [0.717, 1.165) is 5.56 Å². The summed E-state index contributed by atoms with van der Waals surface area (Å²) in [7, 11) is 0. The van der Waals surface area contributed by atoms with Gasteiger partial charge in [0.05, 0.1) is 13.2 Å². The van der Waals surface area contributed by atoms with E-state index in [9.17, 15) is 9.59 Å². The highest BCUT2D eigenvalue weighted by atomic mass is 16.5. The average molecular weight is 337 g/mol. The van der Waals surface area contributed by atoms with Crippen molar-refractivity contribution in [2.24, 2.45) is 16.8 Å². The summed E-state index contributed by atoms with van der Waals surface area (Å²) in [5.41, 5.74) is 9.41. The number of hydrazine groups is 1. The third kappa shape index (κ3) is 6.40. The number of urea groups is 1. The Bertz CT molecular complexity index is 574. The number of esters is 1. The van der Waals surface area contributed by atoms with Crippen LogP contribution in [-0.4, -0.2) is 42.4 Å². The lowest BCUT2D eigenvalue weighted by atomic mass is 10.2. The minimum absolute atomic E-state index is 0.0338. The van der Waals surface area contributed by atoms with Crippen LogP contribution in [0.1, 0.15) is 12.5 Å². The predicted molar refractivity (Wildman–Crippen MR) is 90.2 cm³/mol. The number of carbonyl (C=O) groups excluding carboxylic acids is 2. The third-order valence-electron chi connectivity index (χ3n) is 2.99. The van der Waals surface area contributed by atoms with Crippen molar-refractivity contribution in [1.29, 1.82) is 0 Å². The molecule has 0 saturated heterocycles. The first-order valence-corrected chi connectivity index (χ1v) is 7.26. The number of amidine groups is 1. The Balaban J connectivity index is 2.77. The summed E-state index contributed by atoms with van der Waals surface area (Å²) in [5.74, 6) is 10.2. The lowest BCUT2D eigenvalue weighted by Crippen LogP contribution is -2.48. The topological polar surface area (TPSA) is 161 Å². The van der Waals surface area contributed by atoms with Gasteiger partial charge in [0.2, 0.25) is 0 Å². The zero-order valence-electron chi connectivity index (χ0n) is 13.5. The minimum atomic E-state index is -0.525. The van der Waals surface area contributed by atoms with E-state index < -0.39 is 12.0 Å². The number of nitrogens with two attached hydrogens (primary N) is 3. The molecule has 24 heavy (non-hydrogen) atoms. The maximum Gasteiger partial charge on any atom is 0.325 e. The van der Waals surface area contributed by atoms with Crippen molar-refractivity contribution in [3.8, 4) is 0 Å². The molecule has 0 atom stereocenters. The molecule has 0 aromatic heterocycles. The monoisotopic (exact) mass is 337 g/mol. The van der Waals surface area contributed by atoms with E-state index in [0.29, 0.717) is 5.69 Å². The maximum atomic E-state index is 12.3. The van der Waals surface area contributed by atoms with Gasteiger partial charge in [-0.3, -0.25) is 4.79 Å². The molecule has 1 aromatic carbocycles. The molecule has 10 nitrogen and oxygen atoms in total. The van der Waals surface area contributed by atoms with Gasteiger partial charge < -0.3 is 32.0 Å². The fourth-order valence-corrected chi connectivity index (χ4v) is 1.82. The Morgan fingerprint density at radius 3 is 2.50 bits per heavy atom. The molecule has 1 aromatic rings. The van der Waals surface area contributed by atoms with Crippen LogP contribution in [0.3, 0.4) is 0 Å². The van der Waals surface area contributed by atoms with Crippen LogP contribution in [-0.2, 0) is 16.1 Å². The summed E-state index contributed by atoms with van der Waals surface area (Å²) in [5, 5.41) is 5.93. The SMILES string of the molecule is CCOC(=O)CNC(=O)N(C/C(=N/N)NN)Cc1ccc(N)cc1. The molecular formula is C14H23N7O3. The maximum absolute atomic E-state index is 12.3. The summed E-state index contributed by atoms with van der Waals surface area (Å²) in [4.78, 5) is 25.0. The predicted octanol–water partition coefficient (Wildman–Crippen LogP) is -0.921. The summed E-state index contributed by atoms with van der Waals surface area (Å²) in [6.45, 7) is 1.96. The van der Waals surface area contributed by atoms with Gasteiger partial charge in [0.25, 0.3) is 0 Å². The van der Waals surface area contributed by atoms with Crippen LogP contribution < -0.4 is 28.2 Å². The van der Waals surface area contributed by atoms with Crippen LogP contribution in [0.4, 0.5) is 10.5 Å². The minimum Gasteiger partial charge on any atom is -0.465 e. The second kappa shape index (κ2) is 9.90. The largest absolute Gasteiger partial charge is 0.465 e. The van der Waals surface area contributed by atoms with Gasteiger partial charge in [-0.1, -0.05) is 12.1 Å². The summed E-state index contributed by atoms with van der Waals surface area (Å²) in [6.07, 6.45) is 0. The van der Waals surface area contributed by atoms with Crippen LogP contribution in [0, 0.1) is 0 Å². The number of nitrogen functional groups attached to an aromatic ring is 1. The zero-order valence-corrected chi connectivity index (χ0v) is 13.5. The number of hydrogen-bond donors (Lipinski definition) is 5. The smallest absolute Gasteiger partial charge is 0.325 e. The summed E-state index contributed by atoms with van der Waals surface area (Å²) in [6, 6.07) is 6.54. The average Bonchev–Trinajstić information content (AvgIpc) is 2.58. The number of amides is 2. The molecule has 0 fully saturated rings. The molecule has 0 aliphatic rings. The first kappa shape index (κ1) is 19.0. The number of carbonyl (C=O) groups is 2. The fraction of sp³-hybridized carbons (Fsp3) is 0.357. The van der Waals surface area contributed by atoms with E-state index in [1.807, 2.05) is 0 Å². The molecule has 1 rings (SSSR count). The lowest BCUT2D eigenvalue weighted by molar-refractivity contribution is -0.141. The van der Waals surface area contributed by atoms with Crippen molar-refractivity contribution in [3.63, 3.8) is 0 Å². The Kier molecular flexibility index (Phi) is 7.85. The van der Waals surface area contributed by atoms with Gasteiger partial charge in [0, 0.05) is 12.2 Å².